The molecular formula is C17H19FN2O3S. The normalized spacial score (nSPS) is 11.2. The minimum absolute atomic E-state index is 0.119. The summed E-state index contributed by atoms with van der Waals surface area (Å²) < 4.78 is 39.2. The number of nitrogens with zero attached hydrogens (tertiary/aromatic N) is 2. The number of amides is 1. The van der Waals surface area contributed by atoms with Gasteiger partial charge in [0.25, 0.3) is 5.91 Å². The van der Waals surface area contributed by atoms with E-state index >= 15 is 0 Å². The van der Waals surface area contributed by atoms with Gasteiger partial charge in [-0.2, -0.15) is 0 Å². The van der Waals surface area contributed by atoms with E-state index in [9.17, 15) is 17.6 Å². The van der Waals surface area contributed by atoms with Gasteiger partial charge in [-0.3, -0.25) is 9.10 Å². The van der Waals surface area contributed by atoms with Crippen molar-refractivity contribution in [3.63, 3.8) is 0 Å². The molecule has 0 aliphatic carbocycles. The zero-order valence-electron chi connectivity index (χ0n) is 13.7. The van der Waals surface area contributed by atoms with Crippen molar-refractivity contribution in [1.82, 2.24) is 4.90 Å². The van der Waals surface area contributed by atoms with E-state index in [0.717, 1.165) is 10.6 Å². The van der Waals surface area contributed by atoms with Gasteiger partial charge < -0.3 is 4.90 Å². The SMILES string of the molecule is CN(C)C(=O)c1ccc(N(Cc2ccccc2F)S(C)(=O)=O)cc1. The van der Waals surface area contributed by atoms with E-state index in [0.29, 0.717) is 11.3 Å². The lowest BCUT2D eigenvalue weighted by Crippen LogP contribution is -2.29. The van der Waals surface area contributed by atoms with Gasteiger partial charge >= 0.3 is 0 Å². The number of anilines is 1. The van der Waals surface area contributed by atoms with Crippen LogP contribution in [0.4, 0.5) is 10.1 Å². The molecule has 128 valence electrons. The van der Waals surface area contributed by atoms with Crippen molar-refractivity contribution >= 4 is 21.6 Å². The van der Waals surface area contributed by atoms with Gasteiger partial charge in [0.2, 0.25) is 10.0 Å². The Bertz CT molecular complexity index is 833. The maximum absolute atomic E-state index is 13.8. The first-order valence-electron chi connectivity index (χ1n) is 7.23. The fourth-order valence-corrected chi connectivity index (χ4v) is 3.09. The van der Waals surface area contributed by atoms with Crippen LogP contribution >= 0.6 is 0 Å². The average Bonchev–Trinajstić information content (AvgIpc) is 2.52. The Morgan fingerprint density at radius 2 is 1.62 bits per heavy atom. The van der Waals surface area contributed by atoms with Gasteiger partial charge in [-0.1, -0.05) is 18.2 Å². The highest BCUT2D eigenvalue weighted by Gasteiger charge is 2.20. The number of sulfonamides is 1. The van der Waals surface area contributed by atoms with E-state index in [1.54, 1.807) is 50.5 Å². The van der Waals surface area contributed by atoms with Gasteiger partial charge in [0, 0.05) is 25.2 Å². The third-order valence-electron chi connectivity index (χ3n) is 3.48. The first kappa shape index (κ1) is 17.9. The Hall–Kier alpha value is -2.41. The molecule has 0 aliphatic rings. The highest BCUT2D eigenvalue weighted by molar-refractivity contribution is 7.92. The first-order chi connectivity index (χ1) is 11.2. The molecule has 5 nitrogen and oxygen atoms in total. The van der Waals surface area contributed by atoms with Crippen molar-refractivity contribution in [2.24, 2.45) is 0 Å². The standard InChI is InChI=1S/C17H19FN2O3S/c1-19(2)17(21)13-8-10-15(11-9-13)20(24(3,22)23)12-14-6-4-5-7-16(14)18/h4-11H,12H2,1-3H3. The Balaban J connectivity index is 2.36. The molecule has 0 radical (unpaired) electrons. The van der Waals surface area contributed by atoms with E-state index in [4.69, 9.17) is 0 Å². The van der Waals surface area contributed by atoms with Crippen LogP contribution < -0.4 is 4.31 Å². The van der Waals surface area contributed by atoms with Gasteiger partial charge in [0.15, 0.2) is 0 Å². The van der Waals surface area contributed by atoms with Gasteiger partial charge in [-0.15, -0.1) is 0 Å². The van der Waals surface area contributed by atoms with Crippen LogP contribution in [0.25, 0.3) is 0 Å². The number of rotatable bonds is 5. The average molecular weight is 350 g/mol. The van der Waals surface area contributed by atoms with Crippen molar-refractivity contribution in [3.8, 4) is 0 Å². The lowest BCUT2D eigenvalue weighted by Gasteiger charge is -2.23. The van der Waals surface area contributed by atoms with Crippen molar-refractivity contribution in [1.29, 1.82) is 0 Å². The Morgan fingerprint density at radius 3 is 2.12 bits per heavy atom. The zero-order chi connectivity index (χ0) is 17.9. The molecular weight excluding hydrogens is 331 g/mol. The molecule has 0 saturated heterocycles. The molecule has 24 heavy (non-hydrogen) atoms. The Morgan fingerprint density at radius 1 is 1.04 bits per heavy atom. The third-order valence-corrected chi connectivity index (χ3v) is 4.62. The van der Waals surface area contributed by atoms with Crippen LogP contribution in [0.3, 0.4) is 0 Å². The van der Waals surface area contributed by atoms with Crippen molar-refractivity contribution < 1.29 is 17.6 Å². The van der Waals surface area contributed by atoms with E-state index < -0.39 is 15.8 Å². The van der Waals surface area contributed by atoms with Crippen LogP contribution in [0.5, 0.6) is 0 Å². The summed E-state index contributed by atoms with van der Waals surface area (Å²) in [7, 11) is -0.339. The number of hydrogen-bond acceptors (Lipinski definition) is 3. The highest BCUT2D eigenvalue weighted by Crippen LogP contribution is 2.22. The van der Waals surface area contributed by atoms with Crippen LogP contribution in [0.1, 0.15) is 15.9 Å². The minimum Gasteiger partial charge on any atom is -0.345 e. The third kappa shape index (κ3) is 4.11. The van der Waals surface area contributed by atoms with Crippen LogP contribution in [0.2, 0.25) is 0 Å². The lowest BCUT2D eigenvalue weighted by atomic mass is 10.1. The molecule has 2 aromatic rings. The largest absolute Gasteiger partial charge is 0.345 e. The quantitative estimate of drug-likeness (QED) is 0.832. The molecule has 0 atom stereocenters. The van der Waals surface area contributed by atoms with Gasteiger partial charge in [0.05, 0.1) is 18.5 Å². The molecule has 0 N–H and O–H groups in total. The van der Waals surface area contributed by atoms with E-state index in [2.05, 4.69) is 0 Å². The smallest absolute Gasteiger partial charge is 0.253 e. The predicted octanol–water partition coefficient (Wildman–Crippen LogP) is 2.49. The van der Waals surface area contributed by atoms with E-state index in [1.165, 1.54) is 17.0 Å². The molecule has 2 rings (SSSR count). The number of benzene rings is 2. The Labute approximate surface area is 141 Å². The monoisotopic (exact) mass is 350 g/mol. The van der Waals surface area contributed by atoms with E-state index in [-0.39, 0.29) is 18.0 Å². The summed E-state index contributed by atoms with van der Waals surface area (Å²) in [5, 5.41) is 0. The molecule has 0 fully saturated rings. The summed E-state index contributed by atoms with van der Waals surface area (Å²) in [6, 6.07) is 12.2. The number of halogens is 1. The van der Waals surface area contributed by atoms with Crippen LogP contribution in [0, 0.1) is 5.82 Å². The number of carbonyl (C=O) groups excluding carboxylic acids is 1. The second-order valence-electron chi connectivity index (χ2n) is 5.61. The summed E-state index contributed by atoms with van der Waals surface area (Å²) in [4.78, 5) is 13.3. The zero-order valence-corrected chi connectivity index (χ0v) is 14.5. The second-order valence-corrected chi connectivity index (χ2v) is 7.51. The van der Waals surface area contributed by atoms with Crippen molar-refractivity contribution in [3.05, 3.63) is 65.5 Å². The van der Waals surface area contributed by atoms with Crippen LogP contribution in [-0.4, -0.2) is 39.6 Å². The fourth-order valence-electron chi connectivity index (χ4n) is 2.21. The minimum atomic E-state index is -3.61. The summed E-state index contributed by atoms with van der Waals surface area (Å²) in [5.41, 5.74) is 1.09. The summed E-state index contributed by atoms with van der Waals surface area (Å²) in [5.74, 6) is -0.646. The number of carbonyl (C=O) groups is 1. The molecule has 0 bridgehead atoms. The Kier molecular flexibility index (Phi) is 5.23. The molecule has 2 aromatic carbocycles. The highest BCUT2D eigenvalue weighted by atomic mass is 32.2. The molecule has 0 aromatic heterocycles. The topological polar surface area (TPSA) is 57.7 Å². The lowest BCUT2D eigenvalue weighted by molar-refractivity contribution is 0.0827. The molecule has 0 spiro atoms. The van der Waals surface area contributed by atoms with Crippen LogP contribution in [-0.2, 0) is 16.6 Å². The molecule has 0 saturated carbocycles. The maximum Gasteiger partial charge on any atom is 0.253 e. The van der Waals surface area contributed by atoms with Crippen molar-refractivity contribution in [2.75, 3.05) is 24.7 Å². The second kappa shape index (κ2) is 7.00. The van der Waals surface area contributed by atoms with Gasteiger partial charge in [-0.25, -0.2) is 12.8 Å². The summed E-state index contributed by atoms with van der Waals surface area (Å²) in [6.45, 7) is -0.119. The summed E-state index contributed by atoms with van der Waals surface area (Å²) in [6.07, 6.45) is 1.06. The molecule has 0 unspecified atom stereocenters. The van der Waals surface area contributed by atoms with Crippen LogP contribution in [0.15, 0.2) is 48.5 Å². The summed E-state index contributed by atoms with van der Waals surface area (Å²) >= 11 is 0. The van der Waals surface area contributed by atoms with Gasteiger partial charge in [0.1, 0.15) is 5.82 Å². The maximum atomic E-state index is 13.8. The van der Waals surface area contributed by atoms with Crippen molar-refractivity contribution in [2.45, 2.75) is 6.54 Å². The predicted molar refractivity (Wildman–Crippen MR) is 91.9 cm³/mol. The molecule has 7 heteroatoms. The first-order valence-corrected chi connectivity index (χ1v) is 9.08. The van der Waals surface area contributed by atoms with Gasteiger partial charge in [-0.05, 0) is 30.3 Å². The molecule has 1 amide bonds. The fraction of sp³-hybridized carbons (Fsp3) is 0.235. The molecule has 0 aliphatic heterocycles. The molecule has 0 heterocycles. The number of hydrogen-bond donors (Lipinski definition) is 0. The van der Waals surface area contributed by atoms with E-state index in [1.807, 2.05) is 0 Å².